The summed E-state index contributed by atoms with van der Waals surface area (Å²) in [7, 11) is 0. The van der Waals surface area contributed by atoms with Crippen molar-refractivity contribution >= 4 is 0 Å². The Morgan fingerprint density at radius 1 is 0.387 bits per heavy atom. The first-order valence-electron chi connectivity index (χ1n) is 14.7. The molecule has 0 heterocycles. The lowest BCUT2D eigenvalue weighted by Gasteiger charge is -2.04. The van der Waals surface area contributed by atoms with Gasteiger partial charge in [0.05, 0.1) is 0 Å². The zero-order valence-electron chi connectivity index (χ0n) is 21.8. The molecule has 0 radical (unpaired) electrons. The molecule has 0 spiro atoms. The maximum Gasteiger partial charge on any atom is -0.0348 e. The Bertz CT molecular complexity index is 340. The van der Waals surface area contributed by atoms with E-state index in [1.165, 1.54) is 167 Å². The van der Waals surface area contributed by atoms with Gasteiger partial charge in [0.2, 0.25) is 0 Å². The number of allylic oxidation sites excluding steroid dienone is 3. The summed E-state index contributed by atoms with van der Waals surface area (Å²) in [5.41, 5.74) is 0. The van der Waals surface area contributed by atoms with Crippen molar-refractivity contribution in [1.29, 1.82) is 0 Å². The van der Waals surface area contributed by atoms with Gasteiger partial charge in [-0.25, -0.2) is 0 Å². The second-order valence-corrected chi connectivity index (χ2v) is 9.94. The largest absolute Gasteiger partial charge is 0.0991 e. The van der Waals surface area contributed by atoms with Crippen LogP contribution in [0.1, 0.15) is 174 Å². The molecule has 0 unspecified atom stereocenters. The van der Waals surface area contributed by atoms with Crippen LogP contribution in [0.3, 0.4) is 0 Å². The third kappa shape index (κ3) is 29.5. The lowest BCUT2D eigenvalue weighted by atomic mass is 10.0. The molecule has 0 heteroatoms. The average molecular weight is 433 g/mol. The maximum absolute atomic E-state index is 3.71. The van der Waals surface area contributed by atoms with Crippen molar-refractivity contribution in [2.24, 2.45) is 0 Å². The van der Waals surface area contributed by atoms with E-state index in [-0.39, 0.29) is 0 Å². The van der Waals surface area contributed by atoms with Crippen LogP contribution < -0.4 is 0 Å². The van der Waals surface area contributed by atoms with Gasteiger partial charge in [0.25, 0.3) is 0 Å². The lowest BCUT2D eigenvalue weighted by molar-refractivity contribution is 0.516. The summed E-state index contributed by atoms with van der Waals surface area (Å²) in [6, 6.07) is 0. The van der Waals surface area contributed by atoms with Gasteiger partial charge < -0.3 is 0 Å². The van der Waals surface area contributed by atoms with Gasteiger partial charge in [0, 0.05) is 0 Å². The molecule has 0 saturated heterocycles. The summed E-state index contributed by atoms with van der Waals surface area (Å²) in [6.07, 6.45) is 44.0. The highest BCUT2D eigenvalue weighted by atomic mass is 14.0. The van der Waals surface area contributed by atoms with Gasteiger partial charge in [-0.3, -0.25) is 0 Å². The van der Waals surface area contributed by atoms with Crippen molar-refractivity contribution in [3.63, 3.8) is 0 Å². The number of rotatable bonds is 27. The molecule has 0 bridgehead atoms. The van der Waals surface area contributed by atoms with E-state index in [4.69, 9.17) is 0 Å². The Labute approximate surface area is 198 Å². The molecular formula is C31H60. The zero-order valence-corrected chi connectivity index (χ0v) is 21.8. The first-order valence-corrected chi connectivity index (χ1v) is 14.7. The number of hydrogen-bond donors (Lipinski definition) is 0. The van der Waals surface area contributed by atoms with Crippen molar-refractivity contribution in [3.8, 4) is 0 Å². The van der Waals surface area contributed by atoms with E-state index < -0.39 is 0 Å². The van der Waals surface area contributed by atoms with Gasteiger partial charge in [0.1, 0.15) is 0 Å². The number of unbranched alkanes of at least 4 members (excludes halogenated alkanes) is 25. The van der Waals surface area contributed by atoms with Crippen LogP contribution in [0.5, 0.6) is 0 Å². The topological polar surface area (TPSA) is 0 Å². The smallest absolute Gasteiger partial charge is 0.0348 e. The fourth-order valence-electron chi connectivity index (χ4n) is 4.59. The monoisotopic (exact) mass is 432 g/mol. The minimum Gasteiger partial charge on any atom is -0.0991 e. The second kappa shape index (κ2) is 29.5. The Morgan fingerprint density at radius 2 is 0.645 bits per heavy atom. The molecule has 0 aromatic heterocycles. The Balaban J connectivity index is 3.00. The summed E-state index contributed by atoms with van der Waals surface area (Å²) in [6.45, 7) is 6.01. The predicted molar refractivity (Wildman–Crippen MR) is 145 cm³/mol. The second-order valence-electron chi connectivity index (χ2n) is 9.94. The third-order valence-electron chi connectivity index (χ3n) is 6.75. The Morgan fingerprint density at radius 3 is 0.903 bits per heavy atom. The molecule has 0 rings (SSSR count). The van der Waals surface area contributed by atoms with Crippen molar-refractivity contribution in [2.45, 2.75) is 174 Å². The van der Waals surface area contributed by atoms with Crippen LogP contribution in [0.2, 0.25) is 0 Å². The van der Waals surface area contributed by atoms with Crippen molar-refractivity contribution in [3.05, 3.63) is 24.8 Å². The van der Waals surface area contributed by atoms with E-state index in [9.17, 15) is 0 Å². The molecule has 0 aliphatic rings. The molecular weight excluding hydrogens is 372 g/mol. The minimum atomic E-state index is 1.23. The maximum atomic E-state index is 3.71. The first-order chi connectivity index (χ1) is 15.4. The van der Waals surface area contributed by atoms with Gasteiger partial charge in [-0.2, -0.15) is 0 Å². The van der Waals surface area contributed by atoms with Crippen LogP contribution in [-0.2, 0) is 0 Å². The van der Waals surface area contributed by atoms with E-state index in [1.807, 2.05) is 6.08 Å². The van der Waals surface area contributed by atoms with Crippen molar-refractivity contribution in [1.82, 2.24) is 0 Å². The normalized spacial score (nSPS) is 11.5. The first kappa shape index (κ1) is 30.5. The van der Waals surface area contributed by atoms with Crippen molar-refractivity contribution < 1.29 is 0 Å². The van der Waals surface area contributed by atoms with E-state index in [2.05, 4.69) is 25.7 Å². The van der Waals surface area contributed by atoms with E-state index >= 15 is 0 Å². The molecule has 0 fully saturated rings. The van der Waals surface area contributed by atoms with Crippen LogP contribution in [0, 0.1) is 0 Å². The average Bonchev–Trinajstić information content (AvgIpc) is 2.78. The zero-order chi connectivity index (χ0) is 22.5. The molecule has 0 atom stereocenters. The van der Waals surface area contributed by atoms with Gasteiger partial charge in [-0.05, 0) is 12.8 Å². The summed E-state index contributed by atoms with van der Waals surface area (Å²) >= 11 is 0. The SMILES string of the molecule is C=CC=CCCCCCCCCCCCCCCCCCCCCCCCCCCC. The molecule has 0 aliphatic carbocycles. The van der Waals surface area contributed by atoms with Gasteiger partial charge >= 0.3 is 0 Å². The Kier molecular flexibility index (Phi) is 29.0. The predicted octanol–water partition coefficient (Wildman–Crippen LogP) is 11.9. The molecule has 31 heavy (non-hydrogen) atoms. The highest BCUT2D eigenvalue weighted by Crippen LogP contribution is 2.15. The lowest BCUT2D eigenvalue weighted by Crippen LogP contribution is -1.84. The fourth-order valence-corrected chi connectivity index (χ4v) is 4.59. The van der Waals surface area contributed by atoms with Gasteiger partial charge in [-0.1, -0.05) is 186 Å². The molecule has 0 saturated carbocycles. The quantitative estimate of drug-likeness (QED) is 0.0893. The molecule has 0 aliphatic heterocycles. The van der Waals surface area contributed by atoms with Crippen molar-refractivity contribution in [2.75, 3.05) is 0 Å². The third-order valence-corrected chi connectivity index (χ3v) is 6.75. The molecule has 184 valence electrons. The van der Waals surface area contributed by atoms with E-state index in [1.54, 1.807) is 0 Å². The molecule has 0 aromatic carbocycles. The number of hydrogen-bond acceptors (Lipinski definition) is 0. The highest BCUT2D eigenvalue weighted by Gasteiger charge is 1.96. The summed E-state index contributed by atoms with van der Waals surface area (Å²) in [5, 5.41) is 0. The van der Waals surface area contributed by atoms with Crippen LogP contribution in [0.4, 0.5) is 0 Å². The molecule has 0 nitrogen and oxygen atoms in total. The van der Waals surface area contributed by atoms with Crippen LogP contribution in [-0.4, -0.2) is 0 Å². The van der Waals surface area contributed by atoms with Crippen LogP contribution in [0.15, 0.2) is 24.8 Å². The van der Waals surface area contributed by atoms with E-state index in [0.717, 1.165) is 0 Å². The Hall–Kier alpha value is -0.520. The van der Waals surface area contributed by atoms with Crippen LogP contribution in [0.25, 0.3) is 0 Å². The minimum absolute atomic E-state index is 1.23. The standard InChI is InChI=1S/C31H60/c1-3-5-7-9-11-13-15-17-19-21-23-25-27-29-31-30-28-26-24-22-20-18-16-14-12-10-8-6-4-2/h3,5,7H,1,4,6,8-31H2,2H3. The van der Waals surface area contributed by atoms with Gasteiger partial charge in [-0.15, -0.1) is 0 Å². The fraction of sp³-hybridized carbons (Fsp3) is 0.871. The molecule has 0 amide bonds. The molecule has 0 N–H and O–H groups in total. The summed E-state index contributed by atoms with van der Waals surface area (Å²) in [5.74, 6) is 0. The van der Waals surface area contributed by atoms with Crippen LogP contribution >= 0.6 is 0 Å². The van der Waals surface area contributed by atoms with Gasteiger partial charge in [0.15, 0.2) is 0 Å². The highest BCUT2D eigenvalue weighted by molar-refractivity contribution is 4.96. The summed E-state index contributed by atoms with van der Waals surface area (Å²) < 4.78 is 0. The summed E-state index contributed by atoms with van der Waals surface area (Å²) in [4.78, 5) is 0. The molecule has 0 aromatic rings. The van der Waals surface area contributed by atoms with E-state index in [0.29, 0.717) is 0 Å².